The van der Waals surface area contributed by atoms with Gasteiger partial charge in [-0.2, -0.15) is 0 Å². The molecule has 2 rings (SSSR count). The summed E-state index contributed by atoms with van der Waals surface area (Å²) in [6, 6.07) is 9.52. The first kappa shape index (κ1) is 15.3. The van der Waals surface area contributed by atoms with Gasteiger partial charge in [0, 0.05) is 24.1 Å². The third-order valence-electron chi connectivity index (χ3n) is 2.99. The summed E-state index contributed by atoms with van der Waals surface area (Å²) in [6.07, 6.45) is 2.98. The molecule has 0 amide bonds. The molecule has 0 aliphatic heterocycles. The van der Waals surface area contributed by atoms with Gasteiger partial charge < -0.3 is 5.32 Å². The van der Waals surface area contributed by atoms with Crippen molar-refractivity contribution in [3.8, 4) is 0 Å². The first-order chi connectivity index (χ1) is 9.83. The van der Waals surface area contributed by atoms with Crippen molar-refractivity contribution in [1.29, 1.82) is 0 Å². The molecular formula is C15H19N3O2S. The smallest absolute Gasteiger partial charge is 0.229 e. The molecule has 0 aliphatic rings. The number of rotatable bonds is 5. The number of sulfonamides is 1. The lowest BCUT2D eigenvalue weighted by Gasteiger charge is -2.11. The van der Waals surface area contributed by atoms with E-state index in [0.29, 0.717) is 12.2 Å². The standard InChI is InChI=1S/C15H19N3O2S/c1-11-8-14(6-7-15(11)18-21(3,19)20)17-10-13-5-4-12(2)16-9-13/h4-9,17-18H,10H2,1-3H3. The highest BCUT2D eigenvalue weighted by Gasteiger charge is 2.05. The fourth-order valence-corrected chi connectivity index (χ4v) is 2.52. The molecule has 1 aromatic heterocycles. The highest BCUT2D eigenvalue weighted by atomic mass is 32.2. The third-order valence-corrected chi connectivity index (χ3v) is 3.58. The number of nitrogens with one attached hydrogen (secondary N) is 2. The molecular weight excluding hydrogens is 286 g/mol. The van der Waals surface area contributed by atoms with Crippen molar-refractivity contribution in [2.24, 2.45) is 0 Å². The average Bonchev–Trinajstić information content (AvgIpc) is 2.40. The largest absolute Gasteiger partial charge is 0.381 e. The van der Waals surface area contributed by atoms with Gasteiger partial charge in [-0.15, -0.1) is 0 Å². The molecule has 0 radical (unpaired) electrons. The van der Waals surface area contributed by atoms with Gasteiger partial charge in [0.25, 0.3) is 0 Å². The van der Waals surface area contributed by atoms with Crippen LogP contribution < -0.4 is 10.0 Å². The zero-order valence-electron chi connectivity index (χ0n) is 12.3. The van der Waals surface area contributed by atoms with Crippen LogP contribution >= 0.6 is 0 Å². The van der Waals surface area contributed by atoms with Crippen LogP contribution in [0.4, 0.5) is 11.4 Å². The van der Waals surface area contributed by atoms with Crippen LogP contribution in [0.5, 0.6) is 0 Å². The average molecular weight is 305 g/mol. The third kappa shape index (κ3) is 4.75. The van der Waals surface area contributed by atoms with E-state index in [0.717, 1.165) is 28.8 Å². The summed E-state index contributed by atoms with van der Waals surface area (Å²) in [7, 11) is -3.25. The lowest BCUT2D eigenvalue weighted by Crippen LogP contribution is -2.10. The second-order valence-corrected chi connectivity index (χ2v) is 6.81. The lowest BCUT2D eigenvalue weighted by atomic mass is 10.2. The summed E-state index contributed by atoms with van der Waals surface area (Å²) >= 11 is 0. The minimum atomic E-state index is -3.25. The molecule has 112 valence electrons. The van der Waals surface area contributed by atoms with Gasteiger partial charge in [-0.3, -0.25) is 9.71 Å². The van der Waals surface area contributed by atoms with Crippen LogP contribution in [0.25, 0.3) is 0 Å². The minimum Gasteiger partial charge on any atom is -0.381 e. The normalized spacial score (nSPS) is 11.2. The molecule has 1 aromatic carbocycles. The molecule has 21 heavy (non-hydrogen) atoms. The van der Waals surface area contributed by atoms with Gasteiger partial charge >= 0.3 is 0 Å². The summed E-state index contributed by atoms with van der Waals surface area (Å²) in [5, 5.41) is 3.29. The van der Waals surface area contributed by atoms with Crippen LogP contribution in [0.1, 0.15) is 16.8 Å². The van der Waals surface area contributed by atoms with Crippen molar-refractivity contribution in [2.75, 3.05) is 16.3 Å². The number of anilines is 2. The Balaban J connectivity index is 2.05. The fraction of sp³-hybridized carbons (Fsp3) is 0.267. The zero-order chi connectivity index (χ0) is 15.5. The Morgan fingerprint density at radius 2 is 1.90 bits per heavy atom. The monoisotopic (exact) mass is 305 g/mol. The van der Waals surface area contributed by atoms with Crippen molar-refractivity contribution in [3.63, 3.8) is 0 Å². The lowest BCUT2D eigenvalue weighted by molar-refractivity contribution is 0.607. The quantitative estimate of drug-likeness (QED) is 0.891. The van der Waals surface area contributed by atoms with Crippen molar-refractivity contribution < 1.29 is 8.42 Å². The van der Waals surface area contributed by atoms with Gasteiger partial charge in [-0.1, -0.05) is 6.07 Å². The van der Waals surface area contributed by atoms with Gasteiger partial charge in [0.15, 0.2) is 0 Å². The van der Waals surface area contributed by atoms with Crippen LogP contribution in [0.3, 0.4) is 0 Å². The van der Waals surface area contributed by atoms with Crippen LogP contribution in [0, 0.1) is 13.8 Å². The van der Waals surface area contributed by atoms with Gasteiger partial charge in [-0.05, 0) is 49.2 Å². The van der Waals surface area contributed by atoms with E-state index < -0.39 is 10.0 Å². The molecule has 0 aliphatic carbocycles. The highest BCUT2D eigenvalue weighted by molar-refractivity contribution is 7.92. The van der Waals surface area contributed by atoms with Crippen LogP contribution in [-0.2, 0) is 16.6 Å². The predicted molar refractivity (Wildman–Crippen MR) is 85.9 cm³/mol. The topological polar surface area (TPSA) is 71.1 Å². The number of pyridine rings is 1. The van der Waals surface area contributed by atoms with E-state index in [1.54, 1.807) is 6.07 Å². The zero-order valence-corrected chi connectivity index (χ0v) is 13.2. The van der Waals surface area contributed by atoms with Crippen molar-refractivity contribution in [2.45, 2.75) is 20.4 Å². The molecule has 0 fully saturated rings. The number of benzene rings is 1. The van der Waals surface area contributed by atoms with Crippen LogP contribution in [0.2, 0.25) is 0 Å². The molecule has 0 spiro atoms. The Morgan fingerprint density at radius 3 is 2.48 bits per heavy atom. The predicted octanol–water partition coefficient (Wildman–Crippen LogP) is 2.68. The van der Waals surface area contributed by atoms with Crippen molar-refractivity contribution in [3.05, 3.63) is 53.3 Å². The molecule has 0 bridgehead atoms. The van der Waals surface area contributed by atoms with E-state index >= 15 is 0 Å². The molecule has 0 saturated carbocycles. The number of aromatic nitrogens is 1. The molecule has 6 heteroatoms. The Kier molecular flexibility index (Phi) is 4.47. The summed E-state index contributed by atoms with van der Waals surface area (Å²) in [6.45, 7) is 4.49. The summed E-state index contributed by atoms with van der Waals surface area (Å²) in [4.78, 5) is 4.25. The van der Waals surface area contributed by atoms with E-state index in [4.69, 9.17) is 0 Å². The molecule has 5 nitrogen and oxygen atoms in total. The number of aryl methyl sites for hydroxylation is 2. The minimum absolute atomic E-state index is 0.597. The highest BCUT2D eigenvalue weighted by Crippen LogP contribution is 2.21. The number of nitrogens with zero attached hydrogens (tertiary/aromatic N) is 1. The maximum atomic E-state index is 11.2. The molecule has 0 atom stereocenters. The van der Waals surface area contributed by atoms with Gasteiger partial charge in [0.1, 0.15) is 0 Å². The summed E-state index contributed by atoms with van der Waals surface area (Å²) in [5.74, 6) is 0. The van der Waals surface area contributed by atoms with Gasteiger partial charge in [0.05, 0.1) is 11.9 Å². The van der Waals surface area contributed by atoms with E-state index in [-0.39, 0.29) is 0 Å². The Labute approximate surface area is 125 Å². The van der Waals surface area contributed by atoms with Crippen LogP contribution in [-0.4, -0.2) is 19.7 Å². The van der Waals surface area contributed by atoms with E-state index in [2.05, 4.69) is 15.0 Å². The van der Waals surface area contributed by atoms with E-state index in [9.17, 15) is 8.42 Å². The molecule has 0 unspecified atom stereocenters. The molecule has 1 heterocycles. The first-order valence-corrected chi connectivity index (χ1v) is 8.46. The maximum absolute atomic E-state index is 11.2. The summed E-state index contributed by atoms with van der Waals surface area (Å²) < 4.78 is 25.0. The van der Waals surface area contributed by atoms with Crippen molar-refractivity contribution in [1.82, 2.24) is 4.98 Å². The first-order valence-electron chi connectivity index (χ1n) is 6.57. The second-order valence-electron chi connectivity index (χ2n) is 5.07. The number of hydrogen-bond donors (Lipinski definition) is 2. The Hall–Kier alpha value is -2.08. The maximum Gasteiger partial charge on any atom is 0.229 e. The molecule has 0 saturated heterocycles. The fourth-order valence-electron chi connectivity index (χ4n) is 1.90. The second kappa shape index (κ2) is 6.13. The van der Waals surface area contributed by atoms with Crippen LogP contribution in [0.15, 0.2) is 36.5 Å². The number of hydrogen-bond acceptors (Lipinski definition) is 4. The van der Waals surface area contributed by atoms with Crippen molar-refractivity contribution >= 4 is 21.4 Å². The van der Waals surface area contributed by atoms with Gasteiger partial charge in [0.2, 0.25) is 10.0 Å². The van der Waals surface area contributed by atoms with E-state index in [1.165, 1.54) is 0 Å². The SMILES string of the molecule is Cc1ccc(CNc2ccc(NS(C)(=O)=O)c(C)c2)cn1. The summed E-state index contributed by atoms with van der Waals surface area (Å²) in [5.41, 5.74) is 4.49. The van der Waals surface area contributed by atoms with Gasteiger partial charge in [-0.25, -0.2) is 8.42 Å². The molecule has 2 N–H and O–H groups in total. The molecule has 2 aromatic rings. The van der Waals surface area contributed by atoms with E-state index in [1.807, 2.05) is 44.3 Å². The Bertz CT molecular complexity index is 725. The Morgan fingerprint density at radius 1 is 1.14 bits per heavy atom.